The summed E-state index contributed by atoms with van der Waals surface area (Å²) in [4.78, 5) is 8.45. The van der Waals surface area contributed by atoms with Crippen LogP contribution in [0.4, 0.5) is 0 Å². The van der Waals surface area contributed by atoms with Gasteiger partial charge in [0.2, 0.25) is 5.88 Å². The fourth-order valence-corrected chi connectivity index (χ4v) is 1.89. The Kier molecular flexibility index (Phi) is 3.88. The zero-order valence-electron chi connectivity index (χ0n) is 10.8. The van der Waals surface area contributed by atoms with Crippen LogP contribution >= 0.6 is 0 Å². The minimum atomic E-state index is 0.0940. The Bertz CT molecular complexity index is 511. The molecule has 0 saturated carbocycles. The molecule has 0 aliphatic rings. The van der Waals surface area contributed by atoms with Gasteiger partial charge in [-0.25, -0.2) is 9.97 Å². The van der Waals surface area contributed by atoms with E-state index >= 15 is 0 Å². The maximum atomic E-state index is 5.28. The third kappa shape index (κ3) is 2.48. The van der Waals surface area contributed by atoms with Gasteiger partial charge in [-0.2, -0.15) is 5.10 Å². The molecule has 6 nitrogen and oxygen atoms in total. The van der Waals surface area contributed by atoms with Gasteiger partial charge in [-0.3, -0.25) is 4.68 Å². The van der Waals surface area contributed by atoms with Crippen molar-refractivity contribution in [2.45, 2.75) is 12.5 Å². The second-order valence-electron chi connectivity index (χ2n) is 3.95. The lowest BCUT2D eigenvalue weighted by molar-refractivity contribution is 0.383. The molecule has 0 aliphatic carbocycles. The number of ether oxygens (including phenoxy) is 1. The van der Waals surface area contributed by atoms with Crippen molar-refractivity contribution >= 4 is 0 Å². The largest absolute Gasteiger partial charge is 0.481 e. The predicted octanol–water partition coefficient (Wildman–Crippen LogP) is 0.722. The van der Waals surface area contributed by atoms with Gasteiger partial charge in [0.1, 0.15) is 12.2 Å². The number of pyridine rings is 1. The molecule has 1 N–H and O–H groups in total. The highest BCUT2D eigenvalue weighted by Crippen LogP contribution is 2.24. The lowest BCUT2D eigenvalue weighted by Gasteiger charge is -2.17. The topological polar surface area (TPSA) is 64.9 Å². The summed E-state index contributed by atoms with van der Waals surface area (Å²) >= 11 is 0. The van der Waals surface area contributed by atoms with Crippen LogP contribution in [-0.2, 0) is 13.5 Å². The number of rotatable bonds is 5. The van der Waals surface area contributed by atoms with Crippen molar-refractivity contribution < 1.29 is 4.74 Å². The highest BCUT2D eigenvalue weighted by atomic mass is 16.5. The first-order chi connectivity index (χ1) is 8.76. The highest BCUT2D eigenvalue weighted by Gasteiger charge is 2.17. The van der Waals surface area contributed by atoms with Crippen molar-refractivity contribution in [1.82, 2.24) is 25.1 Å². The van der Waals surface area contributed by atoms with Crippen LogP contribution in [0.1, 0.15) is 17.4 Å². The van der Waals surface area contributed by atoms with E-state index in [4.69, 9.17) is 4.74 Å². The van der Waals surface area contributed by atoms with Crippen molar-refractivity contribution in [2.75, 3.05) is 14.2 Å². The van der Waals surface area contributed by atoms with Crippen LogP contribution in [0.25, 0.3) is 0 Å². The van der Waals surface area contributed by atoms with Gasteiger partial charge in [0.15, 0.2) is 0 Å². The van der Waals surface area contributed by atoms with E-state index in [1.807, 2.05) is 26.2 Å². The van der Waals surface area contributed by atoms with Crippen molar-refractivity contribution in [2.24, 2.45) is 7.05 Å². The number of nitrogens with one attached hydrogen (secondary N) is 1. The Morgan fingerprint density at radius 2 is 2.28 bits per heavy atom. The molecule has 6 heteroatoms. The molecule has 18 heavy (non-hydrogen) atoms. The number of aromatic nitrogens is 4. The first kappa shape index (κ1) is 12.5. The van der Waals surface area contributed by atoms with Crippen molar-refractivity contribution in [3.63, 3.8) is 0 Å². The monoisotopic (exact) mass is 247 g/mol. The average Bonchev–Trinajstić information content (AvgIpc) is 2.81. The van der Waals surface area contributed by atoms with E-state index in [1.54, 1.807) is 24.3 Å². The fraction of sp³-hybridized carbons (Fsp3) is 0.417. The number of nitrogens with zero attached hydrogens (tertiary/aromatic N) is 4. The van der Waals surface area contributed by atoms with Crippen LogP contribution in [0.5, 0.6) is 5.88 Å². The maximum absolute atomic E-state index is 5.28. The molecule has 1 unspecified atom stereocenters. The second kappa shape index (κ2) is 5.59. The first-order valence-corrected chi connectivity index (χ1v) is 5.75. The lowest BCUT2D eigenvalue weighted by Crippen LogP contribution is -2.21. The summed E-state index contributed by atoms with van der Waals surface area (Å²) in [6, 6.07) is 4.00. The van der Waals surface area contributed by atoms with Gasteiger partial charge >= 0.3 is 0 Å². The van der Waals surface area contributed by atoms with E-state index in [0.717, 1.165) is 17.8 Å². The number of aryl methyl sites for hydroxylation is 1. The molecule has 0 bridgehead atoms. The van der Waals surface area contributed by atoms with E-state index in [2.05, 4.69) is 20.4 Å². The second-order valence-corrected chi connectivity index (χ2v) is 3.95. The molecule has 0 saturated heterocycles. The SMILES string of the molecule is CNC(Cc1ncnn1C)c1cccnc1OC. The van der Waals surface area contributed by atoms with Gasteiger partial charge in [0, 0.05) is 31.3 Å². The number of hydrogen-bond donors (Lipinski definition) is 1. The van der Waals surface area contributed by atoms with Crippen LogP contribution in [0, 0.1) is 0 Å². The number of methoxy groups -OCH3 is 1. The summed E-state index contributed by atoms with van der Waals surface area (Å²) < 4.78 is 7.05. The summed E-state index contributed by atoms with van der Waals surface area (Å²) in [5.41, 5.74) is 1.02. The minimum Gasteiger partial charge on any atom is -0.481 e. The first-order valence-electron chi connectivity index (χ1n) is 5.75. The van der Waals surface area contributed by atoms with Crippen LogP contribution in [-0.4, -0.2) is 33.9 Å². The van der Waals surface area contributed by atoms with Crippen molar-refractivity contribution in [3.05, 3.63) is 36.0 Å². The van der Waals surface area contributed by atoms with Crippen LogP contribution in [0.15, 0.2) is 24.7 Å². The zero-order chi connectivity index (χ0) is 13.0. The molecule has 2 aromatic heterocycles. The standard InChI is InChI=1S/C12H17N5O/c1-13-10(7-11-15-8-16-17(11)2)9-5-4-6-14-12(9)18-3/h4-6,8,10,13H,7H2,1-3H3. The molecule has 0 fully saturated rings. The van der Waals surface area contributed by atoms with E-state index in [-0.39, 0.29) is 6.04 Å². The van der Waals surface area contributed by atoms with E-state index < -0.39 is 0 Å². The van der Waals surface area contributed by atoms with E-state index in [1.165, 1.54) is 0 Å². The molecule has 0 radical (unpaired) electrons. The summed E-state index contributed by atoms with van der Waals surface area (Å²) in [5, 5.41) is 7.33. The van der Waals surface area contributed by atoms with Gasteiger partial charge in [0.25, 0.3) is 0 Å². The molecule has 2 rings (SSSR count). The zero-order valence-corrected chi connectivity index (χ0v) is 10.8. The Morgan fingerprint density at radius 1 is 1.44 bits per heavy atom. The normalized spacial score (nSPS) is 12.4. The Morgan fingerprint density at radius 3 is 2.89 bits per heavy atom. The van der Waals surface area contributed by atoms with Crippen LogP contribution < -0.4 is 10.1 Å². The molecule has 0 aliphatic heterocycles. The maximum Gasteiger partial charge on any atom is 0.217 e. The van der Waals surface area contributed by atoms with Crippen molar-refractivity contribution in [1.29, 1.82) is 0 Å². The highest BCUT2D eigenvalue weighted by molar-refractivity contribution is 5.29. The molecule has 96 valence electrons. The van der Waals surface area contributed by atoms with Gasteiger partial charge < -0.3 is 10.1 Å². The molecule has 0 amide bonds. The van der Waals surface area contributed by atoms with Gasteiger partial charge in [0.05, 0.1) is 7.11 Å². The van der Waals surface area contributed by atoms with Gasteiger partial charge in [-0.1, -0.05) is 6.07 Å². The average molecular weight is 247 g/mol. The smallest absolute Gasteiger partial charge is 0.217 e. The minimum absolute atomic E-state index is 0.0940. The number of hydrogen-bond acceptors (Lipinski definition) is 5. The third-order valence-corrected chi connectivity index (χ3v) is 2.91. The molecular formula is C12H17N5O. The lowest BCUT2D eigenvalue weighted by atomic mass is 10.1. The molecule has 2 aromatic rings. The Hall–Kier alpha value is -1.95. The summed E-state index contributed by atoms with van der Waals surface area (Å²) in [7, 11) is 5.42. The van der Waals surface area contributed by atoms with Crippen LogP contribution in [0.3, 0.4) is 0 Å². The predicted molar refractivity (Wildman–Crippen MR) is 67.3 cm³/mol. The molecular weight excluding hydrogens is 230 g/mol. The molecule has 0 aromatic carbocycles. The quantitative estimate of drug-likeness (QED) is 0.843. The summed E-state index contributed by atoms with van der Waals surface area (Å²) in [6.07, 6.45) is 4.01. The summed E-state index contributed by atoms with van der Waals surface area (Å²) in [6.45, 7) is 0. The summed E-state index contributed by atoms with van der Waals surface area (Å²) in [5.74, 6) is 1.55. The van der Waals surface area contributed by atoms with E-state index in [0.29, 0.717) is 5.88 Å². The van der Waals surface area contributed by atoms with E-state index in [9.17, 15) is 0 Å². The van der Waals surface area contributed by atoms with Gasteiger partial charge in [-0.15, -0.1) is 0 Å². The Labute approximate surface area is 106 Å². The molecule has 1 atom stereocenters. The third-order valence-electron chi connectivity index (χ3n) is 2.91. The van der Waals surface area contributed by atoms with Crippen LogP contribution in [0.2, 0.25) is 0 Å². The number of likely N-dealkylation sites (N-methyl/N-ethyl adjacent to an activating group) is 1. The van der Waals surface area contributed by atoms with Crippen molar-refractivity contribution in [3.8, 4) is 5.88 Å². The Balaban J connectivity index is 2.25. The molecule has 0 spiro atoms. The molecule has 2 heterocycles. The fourth-order valence-electron chi connectivity index (χ4n) is 1.89. The van der Waals surface area contributed by atoms with Gasteiger partial charge in [-0.05, 0) is 13.1 Å².